The predicted octanol–water partition coefficient (Wildman–Crippen LogP) is 4.20. The van der Waals surface area contributed by atoms with Crippen LogP contribution in [0.2, 0.25) is 0 Å². The lowest BCUT2D eigenvalue weighted by atomic mass is 9.67. The highest BCUT2D eigenvalue weighted by Gasteiger charge is 2.53. The van der Waals surface area contributed by atoms with Gasteiger partial charge in [0, 0.05) is 37.3 Å². The molecule has 0 radical (unpaired) electrons. The molecule has 0 aromatic rings. The molecule has 0 spiro atoms. The molecule has 0 bridgehead atoms. The lowest BCUT2D eigenvalue weighted by Gasteiger charge is -2.55. The third-order valence-corrected chi connectivity index (χ3v) is 8.31. The Bertz CT molecular complexity index is 397. The Morgan fingerprint density at radius 2 is 1.37 bits per heavy atom. The summed E-state index contributed by atoms with van der Waals surface area (Å²) in [5.74, 6) is 0. The highest BCUT2D eigenvalue weighted by Crippen LogP contribution is 2.45. The Hall–Kier alpha value is -0.0231. The van der Waals surface area contributed by atoms with Crippen LogP contribution in [0.5, 0.6) is 0 Å². The maximum atomic E-state index is 6.49. The van der Waals surface area contributed by atoms with Gasteiger partial charge in [0.2, 0.25) is 0 Å². The van der Waals surface area contributed by atoms with Crippen LogP contribution in [0.4, 0.5) is 0 Å². The van der Waals surface area contributed by atoms with Gasteiger partial charge < -0.3 is 22.9 Å². The molecule has 0 aromatic heterocycles. The number of rotatable bonds is 13. The first-order valence-corrected chi connectivity index (χ1v) is 12.5. The van der Waals surface area contributed by atoms with Gasteiger partial charge in [0.1, 0.15) is 6.23 Å². The smallest absolute Gasteiger partial charge is 0.373 e. The van der Waals surface area contributed by atoms with Crippen molar-refractivity contribution in [2.45, 2.75) is 85.8 Å². The van der Waals surface area contributed by atoms with Crippen LogP contribution in [-0.2, 0) is 22.9 Å². The fourth-order valence-electron chi connectivity index (χ4n) is 3.43. The number of ether oxygens (including phenoxy) is 1. The number of hydroxylamine groups is 2. The molecule has 0 aliphatic carbocycles. The second-order valence-electron chi connectivity index (χ2n) is 8.38. The van der Waals surface area contributed by atoms with E-state index in [1.54, 1.807) is 7.11 Å². The van der Waals surface area contributed by atoms with E-state index in [1.165, 1.54) is 0 Å². The van der Waals surface area contributed by atoms with Gasteiger partial charge in [-0.25, -0.2) is 0 Å². The van der Waals surface area contributed by atoms with Crippen molar-refractivity contribution in [3.05, 3.63) is 0 Å². The zero-order valence-corrected chi connectivity index (χ0v) is 19.9. The minimum atomic E-state index is -2.84. The van der Waals surface area contributed by atoms with Crippen LogP contribution >= 0.6 is 0 Å². The molecule has 1 atom stereocenters. The summed E-state index contributed by atoms with van der Waals surface area (Å²) in [5.41, 5.74) is -0.241. The van der Waals surface area contributed by atoms with E-state index in [0.29, 0.717) is 26.1 Å². The van der Waals surface area contributed by atoms with E-state index in [1.807, 2.05) is 0 Å². The summed E-state index contributed by atoms with van der Waals surface area (Å²) in [5, 5.41) is 2.06. The second-order valence-corrected chi connectivity index (χ2v) is 10.9. The maximum Gasteiger partial charge on any atom is 0.528 e. The molecule has 1 unspecified atom stereocenters. The van der Waals surface area contributed by atoms with Crippen molar-refractivity contribution >= 4 is 8.80 Å². The van der Waals surface area contributed by atoms with Gasteiger partial charge in [0.15, 0.2) is 0 Å². The van der Waals surface area contributed by atoms with Crippen molar-refractivity contribution in [2.24, 2.45) is 5.41 Å². The zero-order chi connectivity index (χ0) is 20.6. The fraction of sp³-hybridized carbons (Fsp3) is 1.00. The van der Waals surface area contributed by atoms with Crippen molar-refractivity contribution in [2.75, 3.05) is 39.7 Å². The Kier molecular flexibility index (Phi) is 10.4. The molecule has 0 aromatic carbocycles. The minimum absolute atomic E-state index is 0.0893. The third kappa shape index (κ3) is 6.23. The SMILES string of the molecule is CCCO[Si](COC1CCN(OC)C(C)(C)C1(C)C)(OCCC)OCCC. The first-order valence-electron chi connectivity index (χ1n) is 10.6. The topological polar surface area (TPSA) is 49.4 Å². The summed E-state index contributed by atoms with van der Waals surface area (Å²) in [6.45, 7) is 18.0. The first-order chi connectivity index (χ1) is 12.7. The number of hydrogen-bond acceptors (Lipinski definition) is 6. The van der Waals surface area contributed by atoms with E-state index >= 15 is 0 Å². The van der Waals surface area contributed by atoms with Crippen molar-refractivity contribution in [1.82, 2.24) is 5.06 Å². The highest BCUT2D eigenvalue weighted by atomic mass is 28.4. The van der Waals surface area contributed by atoms with E-state index in [9.17, 15) is 0 Å². The van der Waals surface area contributed by atoms with Crippen LogP contribution in [0, 0.1) is 5.41 Å². The largest absolute Gasteiger partial charge is 0.528 e. The van der Waals surface area contributed by atoms with Crippen molar-refractivity contribution < 1.29 is 22.9 Å². The van der Waals surface area contributed by atoms with Gasteiger partial charge in [-0.05, 0) is 39.5 Å². The summed E-state index contributed by atoms with van der Waals surface area (Å²) in [6, 6.07) is 0. The normalized spacial score (nSPS) is 22.9. The Morgan fingerprint density at radius 3 is 1.78 bits per heavy atom. The van der Waals surface area contributed by atoms with E-state index in [4.69, 9.17) is 22.9 Å². The van der Waals surface area contributed by atoms with Crippen LogP contribution < -0.4 is 0 Å². The van der Waals surface area contributed by atoms with Gasteiger partial charge in [-0.2, -0.15) is 5.06 Å². The molecule has 1 aliphatic heterocycles. The van der Waals surface area contributed by atoms with Crippen molar-refractivity contribution in [1.29, 1.82) is 0 Å². The lowest BCUT2D eigenvalue weighted by molar-refractivity contribution is -0.268. The van der Waals surface area contributed by atoms with Gasteiger partial charge in [-0.3, -0.25) is 0 Å². The molecule has 162 valence electrons. The van der Waals surface area contributed by atoms with E-state index in [0.717, 1.165) is 32.2 Å². The molecule has 1 saturated heterocycles. The van der Waals surface area contributed by atoms with Gasteiger partial charge in [0.25, 0.3) is 0 Å². The van der Waals surface area contributed by atoms with Gasteiger partial charge in [0.05, 0.1) is 13.2 Å². The summed E-state index contributed by atoms with van der Waals surface area (Å²) >= 11 is 0. The molecule has 1 rings (SSSR count). The molecule has 1 fully saturated rings. The average Bonchev–Trinajstić information content (AvgIpc) is 2.63. The third-order valence-electron chi connectivity index (χ3n) is 5.86. The standard InChI is InChI=1S/C20H43NO5Si/c1-9-14-24-27(25-15-10-2,26-16-11-3)17-23-18-12-13-21(22-8)20(6,7)19(18,4)5/h18H,9-17H2,1-8H3. The minimum Gasteiger partial charge on any atom is -0.373 e. The Morgan fingerprint density at radius 1 is 0.889 bits per heavy atom. The molecule has 0 amide bonds. The van der Waals surface area contributed by atoms with Crippen LogP contribution in [0.1, 0.15) is 74.1 Å². The van der Waals surface area contributed by atoms with Crippen LogP contribution in [0.25, 0.3) is 0 Å². The Balaban J connectivity index is 2.91. The molecular weight excluding hydrogens is 362 g/mol. The van der Waals surface area contributed by atoms with Gasteiger partial charge in [-0.1, -0.05) is 34.6 Å². The quantitative estimate of drug-likeness (QED) is 0.428. The van der Waals surface area contributed by atoms with Crippen molar-refractivity contribution in [3.8, 4) is 0 Å². The average molecular weight is 406 g/mol. The molecule has 6 nitrogen and oxygen atoms in total. The molecule has 27 heavy (non-hydrogen) atoms. The predicted molar refractivity (Wildman–Crippen MR) is 110 cm³/mol. The summed E-state index contributed by atoms with van der Waals surface area (Å²) in [7, 11) is -1.10. The number of hydrogen-bond donors (Lipinski definition) is 0. The molecule has 0 saturated carbocycles. The van der Waals surface area contributed by atoms with Gasteiger partial charge in [-0.15, -0.1) is 0 Å². The molecule has 0 N–H and O–H groups in total. The first kappa shape index (κ1) is 25.0. The second kappa shape index (κ2) is 11.2. The van der Waals surface area contributed by atoms with Crippen LogP contribution in [0.3, 0.4) is 0 Å². The summed E-state index contributed by atoms with van der Waals surface area (Å²) in [4.78, 5) is 5.61. The lowest BCUT2D eigenvalue weighted by Crippen LogP contribution is -2.64. The fourth-order valence-corrected chi connectivity index (χ4v) is 5.88. The summed E-state index contributed by atoms with van der Waals surface area (Å²) in [6.07, 6.45) is 4.21. The van der Waals surface area contributed by atoms with Crippen molar-refractivity contribution in [3.63, 3.8) is 0 Å². The monoisotopic (exact) mass is 405 g/mol. The van der Waals surface area contributed by atoms with E-state index in [-0.39, 0.29) is 17.1 Å². The zero-order valence-electron chi connectivity index (χ0n) is 18.9. The molecule has 7 heteroatoms. The molecule has 1 heterocycles. The van der Waals surface area contributed by atoms with E-state index < -0.39 is 8.80 Å². The van der Waals surface area contributed by atoms with E-state index in [2.05, 4.69) is 53.5 Å². The number of nitrogens with zero attached hydrogens (tertiary/aromatic N) is 1. The van der Waals surface area contributed by atoms with Crippen LogP contribution in [-0.4, -0.2) is 65.2 Å². The Labute approximate surface area is 168 Å². The highest BCUT2D eigenvalue weighted by molar-refractivity contribution is 6.60. The van der Waals surface area contributed by atoms with Gasteiger partial charge >= 0.3 is 8.80 Å². The number of piperidine rings is 1. The molecule has 1 aliphatic rings. The summed E-state index contributed by atoms with van der Waals surface area (Å²) < 4.78 is 25.0. The van der Waals surface area contributed by atoms with Crippen LogP contribution in [0.15, 0.2) is 0 Å². The maximum absolute atomic E-state index is 6.49. The molecular formula is C20H43NO5Si.